The molecular formula is C16H25NO2. The summed E-state index contributed by atoms with van der Waals surface area (Å²) in [4.78, 5) is 11.8. The maximum Gasteiger partial charge on any atom is 0.310 e. The average Bonchev–Trinajstić information content (AvgIpc) is 2.43. The van der Waals surface area contributed by atoms with Crippen LogP contribution in [0.4, 0.5) is 0 Å². The molecule has 1 N–H and O–H groups in total. The lowest BCUT2D eigenvalue weighted by Crippen LogP contribution is -2.33. The van der Waals surface area contributed by atoms with E-state index in [1.165, 1.54) is 0 Å². The van der Waals surface area contributed by atoms with Crippen molar-refractivity contribution < 1.29 is 9.53 Å². The smallest absolute Gasteiger partial charge is 0.310 e. The summed E-state index contributed by atoms with van der Waals surface area (Å²) >= 11 is 0. The highest BCUT2D eigenvalue weighted by Crippen LogP contribution is 2.05. The van der Waals surface area contributed by atoms with Crippen LogP contribution in [0, 0.1) is 5.92 Å². The van der Waals surface area contributed by atoms with Crippen LogP contribution in [-0.4, -0.2) is 18.6 Å². The van der Waals surface area contributed by atoms with Crippen molar-refractivity contribution in [3.05, 3.63) is 35.9 Å². The molecule has 0 saturated carbocycles. The van der Waals surface area contributed by atoms with Crippen molar-refractivity contribution in [2.75, 3.05) is 6.54 Å². The topological polar surface area (TPSA) is 38.3 Å². The third-order valence-corrected chi connectivity index (χ3v) is 3.12. The molecule has 1 rings (SSSR count). The first-order valence-corrected chi connectivity index (χ1v) is 7.07. The van der Waals surface area contributed by atoms with Crippen molar-refractivity contribution in [3.63, 3.8) is 0 Å². The van der Waals surface area contributed by atoms with E-state index in [0.717, 1.165) is 18.4 Å². The van der Waals surface area contributed by atoms with Crippen LogP contribution < -0.4 is 5.32 Å². The Balaban J connectivity index is 2.25. The summed E-state index contributed by atoms with van der Waals surface area (Å²) in [6.07, 6.45) is 2.28. The summed E-state index contributed by atoms with van der Waals surface area (Å²) in [6, 6.07) is 10.2. The molecule has 0 saturated heterocycles. The summed E-state index contributed by atoms with van der Waals surface area (Å²) in [7, 11) is 0. The van der Waals surface area contributed by atoms with Crippen LogP contribution in [0.5, 0.6) is 0 Å². The number of ether oxygens (including phenoxy) is 1. The van der Waals surface area contributed by atoms with E-state index in [9.17, 15) is 4.79 Å². The van der Waals surface area contributed by atoms with Crippen LogP contribution in [0.15, 0.2) is 30.3 Å². The zero-order valence-corrected chi connectivity index (χ0v) is 12.2. The van der Waals surface area contributed by atoms with Gasteiger partial charge in [-0.15, -0.1) is 0 Å². The Hall–Kier alpha value is -1.35. The molecule has 0 bridgehead atoms. The normalized spacial score (nSPS) is 13.8. The highest BCUT2D eigenvalue weighted by Gasteiger charge is 2.15. The minimum absolute atomic E-state index is 0.108. The third-order valence-electron chi connectivity index (χ3n) is 3.12. The first kappa shape index (κ1) is 15.7. The summed E-state index contributed by atoms with van der Waals surface area (Å²) in [5.74, 6) is -0.247. The van der Waals surface area contributed by atoms with Gasteiger partial charge in [-0.2, -0.15) is 0 Å². The second-order valence-corrected chi connectivity index (χ2v) is 5.09. The largest absolute Gasteiger partial charge is 0.461 e. The Morgan fingerprint density at radius 3 is 2.58 bits per heavy atom. The van der Waals surface area contributed by atoms with Crippen LogP contribution in [-0.2, 0) is 16.1 Å². The van der Waals surface area contributed by atoms with Gasteiger partial charge in [-0.1, -0.05) is 50.6 Å². The number of carbonyl (C=O) groups excluding carboxylic acids is 1. The van der Waals surface area contributed by atoms with Gasteiger partial charge in [0.05, 0.1) is 5.92 Å². The lowest BCUT2D eigenvalue weighted by atomic mass is 10.1. The number of benzene rings is 1. The third kappa shape index (κ3) is 6.39. The van der Waals surface area contributed by atoms with Gasteiger partial charge < -0.3 is 10.1 Å². The molecule has 0 amide bonds. The number of nitrogens with one attached hydrogen (secondary N) is 1. The van der Waals surface area contributed by atoms with Crippen LogP contribution >= 0.6 is 0 Å². The van der Waals surface area contributed by atoms with E-state index in [4.69, 9.17) is 4.74 Å². The number of hydrogen-bond donors (Lipinski definition) is 1. The summed E-state index contributed by atoms with van der Waals surface area (Å²) in [5, 5.41) is 3.36. The molecule has 0 aliphatic heterocycles. The van der Waals surface area contributed by atoms with Crippen molar-refractivity contribution >= 4 is 5.97 Å². The van der Waals surface area contributed by atoms with Crippen LogP contribution in [0.25, 0.3) is 0 Å². The van der Waals surface area contributed by atoms with Gasteiger partial charge >= 0.3 is 5.97 Å². The first-order chi connectivity index (χ1) is 9.13. The van der Waals surface area contributed by atoms with Crippen molar-refractivity contribution in [3.8, 4) is 0 Å². The van der Waals surface area contributed by atoms with Gasteiger partial charge in [0, 0.05) is 12.6 Å². The quantitative estimate of drug-likeness (QED) is 0.732. The fourth-order valence-electron chi connectivity index (χ4n) is 1.87. The van der Waals surface area contributed by atoms with Crippen molar-refractivity contribution in [1.29, 1.82) is 0 Å². The van der Waals surface area contributed by atoms with Gasteiger partial charge in [0.2, 0.25) is 0 Å². The summed E-state index contributed by atoms with van der Waals surface area (Å²) in [5.41, 5.74) is 1.02. The van der Waals surface area contributed by atoms with Crippen LogP contribution in [0.2, 0.25) is 0 Å². The van der Waals surface area contributed by atoms with E-state index in [0.29, 0.717) is 19.2 Å². The average molecular weight is 263 g/mol. The highest BCUT2D eigenvalue weighted by molar-refractivity contribution is 5.72. The maximum absolute atomic E-state index is 11.8. The zero-order chi connectivity index (χ0) is 14.1. The first-order valence-electron chi connectivity index (χ1n) is 7.07. The lowest BCUT2D eigenvalue weighted by Gasteiger charge is -2.16. The second-order valence-electron chi connectivity index (χ2n) is 5.09. The fraction of sp³-hybridized carbons (Fsp3) is 0.562. The molecule has 0 spiro atoms. The Labute approximate surface area is 116 Å². The van der Waals surface area contributed by atoms with Crippen molar-refractivity contribution in [2.24, 2.45) is 5.92 Å². The van der Waals surface area contributed by atoms with E-state index in [-0.39, 0.29) is 11.9 Å². The summed E-state index contributed by atoms with van der Waals surface area (Å²) < 4.78 is 5.30. The Morgan fingerprint density at radius 2 is 1.95 bits per heavy atom. The van der Waals surface area contributed by atoms with Crippen LogP contribution in [0.1, 0.15) is 39.2 Å². The van der Waals surface area contributed by atoms with Gasteiger partial charge in [-0.25, -0.2) is 0 Å². The number of rotatable bonds is 8. The second kappa shape index (κ2) is 8.70. The molecule has 3 heteroatoms. The highest BCUT2D eigenvalue weighted by atomic mass is 16.5. The van der Waals surface area contributed by atoms with E-state index in [2.05, 4.69) is 19.2 Å². The number of carbonyl (C=O) groups is 1. The van der Waals surface area contributed by atoms with Crippen LogP contribution in [0.3, 0.4) is 0 Å². The zero-order valence-electron chi connectivity index (χ0n) is 12.2. The summed E-state index contributed by atoms with van der Waals surface area (Å²) in [6.45, 7) is 7.24. The standard InChI is InChI=1S/C16H25NO2/c1-4-8-14(3)17-11-13(2)16(18)19-12-15-9-6-5-7-10-15/h5-7,9-10,13-14,17H,4,8,11-12H2,1-3H3. The molecule has 0 fully saturated rings. The van der Waals surface area contributed by atoms with E-state index in [1.54, 1.807) is 0 Å². The molecule has 0 radical (unpaired) electrons. The van der Waals surface area contributed by atoms with Crippen molar-refractivity contribution in [2.45, 2.75) is 46.3 Å². The fourth-order valence-corrected chi connectivity index (χ4v) is 1.87. The van der Waals surface area contributed by atoms with Gasteiger partial charge in [0.1, 0.15) is 6.61 Å². The Morgan fingerprint density at radius 1 is 1.26 bits per heavy atom. The predicted molar refractivity (Wildman–Crippen MR) is 77.8 cm³/mol. The Kier molecular flexibility index (Phi) is 7.19. The van der Waals surface area contributed by atoms with Gasteiger partial charge in [-0.05, 0) is 18.9 Å². The lowest BCUT2D eigenvalue weighted by molar-refractivity contribution is -0.149. The molecule has 0 aliphatic carbocycles. The van der Waals surface area contributed by atoms with Gasteiger partial charge in [-0.3, -0.25) is 4.79 Å². The maximum atomic E-state index is 11.8. The molecule has 106 valence electrons. The van der Waals surface area contributed by atoms with E-state index >= 15 is 0 Å². The number of esters is 1. The minimum atomic E-state index is -0.139. The predicted octanol–water partition coefficient (Wildman–Crippen LogP) is 3.14. The monoisotopic (exact) mass is 263 g/mol. The SMILES string of the molecule is CCCC(C)NCC(C)C(=O)OCc1ccccc1. The minimum Gasteiger partial charge on any atom is -0.461 e. The molecule has 1 aromatic rings. The van der Waals surface area contributed by atoms with E-state index < -0.39 is 0 Å². The molecule has 2 unspecified atom stereocenters. The van der Waals surface area contributed by atoms with Gasteiger partial charge in [0.15, 0.2) is 0 Å². The molecular weight excluding hydrogens is 238 g/mol. The molecule has 3 nitrogen and oxygen atoms in total. The Bertz CT molecular complexity index is 364. The molecule has 19 heavy (non-hydrogen) atoms. The molecule has 0 heterocycles. The van der Waals surface area contributed by atoms with Crippen molar-refractivity contribution in [1.82, 2.24) is 5.32 Å². The molecule has 0 aromatic heterocycles. The molecule has 2 atom stereocenters. The van der Waals surface area contributed by atoms with E-state index in [1.807, 2.05) is 37.3 Å². The number of hydrogen-bond acceptors (Lipinski definition) is 3. The van der Waals surface area contributed by atoms with Gasteiger partial charge in [0.25, 0.3) is 0 Å². The molecule has 1 aromatic carbocycles. The molecule has 0 aliphatic rings.